The van der Waals surface area contributed by atoms with Crippen molar-refractivity contribution in [3.63, 3.8) is 0 Å². The number of unbranched alkanes of at least 4 members (excludes halogenated alkanes) is 25. The number of rotatable bonds is 42. The second-order valence-corrected chi connectivity index (χ2v) is 19.3. The first-order valence-corrected chi connectivity index (χ1v) is 27.2. The van der Waals surface area contributed by atoms with E-state index < -0.39 is 86.8 Å². The summed E-state index contributed by atoms with van der Waals surface area (Å²) in [6.07, 6.45) is 30.4. The Morgan fingerprint density at radius 1 is 0.515 bits per heavy atom. The Morgan fingerprint density at radius 2 is 0.941 bits per heavy atom. The lowest BCUT2D eigenvalue weighted by Gasteiger charge is -2.46. The van der Waals surface area contributed by atoms with Crippen molar-refractivity contribution in [2.75, 3.05) is 19.8 Å². The summed E-state index contributed by atoms with van der Waals surface area (Å²) in [6, 6.07) is -0.930. The van der Waals surface area contributed by atoms with Crippen LogP contribution in [0, 0.1) is 0 Å². The molecule has 0 spiro atoms. The molecule has 68 heavy (non-hydrogen) atoms. The van der Waals surface area contributed by atoms with Gasteiger partial charge in [0.15, 0.2) is 12.6 Å². The quantitative estimate of drug-likeness (QED) is 0.0210. The fourth-order valence-electron chi connectivity index (χ4n) is 8.83. The molecule has 2 fully saturated rings. The summed E-state index contributed by atoms with van der Waals surface area (Å²) in [4.78, 5) is 13.2. The maximum Gasteiger partial charge on any atom is 0.220 e. The second kappa shape index (κ2) is 40.8. The van der Waals surface area contributed by atoms with E-state index >= 15 is 0 Å². The van der Waals surface area contributed by atoms with Gasteiger partial charge >= 0.3 is 0 Å². The SMILES string of the molecule is CCCCCCCC/C=C\CCCCCCCCCCCC(=O)NC(COC1OC(CO)C(OC2OC(CO)C(O)C(O)C2O)C(O)C1O)C(O)/C=C/CC/C=C/CCCCCCCCCCC. The van der Waals surface area contributed by atoms with E-state index in [1.165, 1.54) is 141 Å². The minimum absolute atomic E-state index is 0.252. The Kier molecular flexibility index (Phi) is 37.4. The fourth-order valence-corrected chi connectivity index (χ4v) is 8.83. The van der Waals surface area contributed by atoms with Crippen molar-refractivity contribution in [1.29, 1.82) is 0 Å². The van der Waals surface area contributed by atoms with Crippen molar-refractivity contribution in [3.05, 3.63) is 36.5 Å². The number of aliphatic hydroxyl groups is 8. The van der Waals surface area contributed by atoms with E-state index in [1.807, 2.05) is 6.08 Å². The minimum atomic E-state index is -1.79. The van der Waals surface area contributed by atoms with E-state index in [1.54, 1.807) is 6.08 Å². The Hall–Kier alpha value is -1.79. The van der Waals surface area contributed by atoms with Crippen LogP contribution in [0.3, 0.4) is 0 Å². The molecule has 0 radical (unpaired) electrons. The van der Waals surface area contributed by atoms with Crippen LogP contribution in [0.1, 0.15) is 206 Å². The topological polar surface area (TPSA) is 228 Å². The molecule has 12 atom stereocenters. The van der Waals surface area contributed by atoms with Crippen molar-refractivity contribution in [2.24, 2.45) is 0 Å². The van der Waals surface area contributed by atoms with Gasteiger partial charge in [0, 0.05) is 6.42 Å². The van der Waals surface area contributed by atoms with Gasteiger partial charge in [-0.3, -0.25) is 4.79 Å². The zero-order valence-corrected chi connectivity index (χ0v) is 42.3. The molecule has 398 valence electrons. The molecule has 2 rings (SSSR count). The number of carbonyl (C=O) groups excluding carboxylic acids is 1. The van der Waals surface area contributed by atoms with Gasteiger partial charge in [0.1, 0.15) is 48.8 Å². The Balaban J connectivity index is 1.83. The van der Waals surface area contributed by atoms with Gasteiger partial charge in [-0.1, -0.05) is 179 Å². The number of ether oxygens (including phenoxy) is 4. The predicted octanol–water partition coefficient (Wildman–Crippen LogP) is 7.88. The Labute approximate surface area is 411 Å². The molecule has 2 aliphatic heterocycles. The van der Waals surface area contributed by atoms with Crippen LogP contribution in [0.5, 0.6) is 0 Å². The van der Waals surface area contributed by atoms with Crippen LogP contribution in [0.4, 0.5) is 0 Å². The largest absolute Gasteiger partial charge is 0.394 e. The van der Waals surface area contributed by atoms with Gasteiger partial charge in [-0.05, 0) is 57.8 Å². The summed E-state index contributed by atoms with van der Waals surface area (Å²) in [7, 11) is 0. The Bertz CT molecular complexity index is 1280. The van der Waals surface area contributed by atoms with Gasteiger partial charge < -0.3 is 65.1 Å². The average Bonchev–Trinajstić information content (AvgIpc) is 3.34. The molecule has 14 nitrogen and oxygen atoms in total. The highest BCUT2D eigenvalue weighted by Crippen LogP contribution is 2.30. The molecule has 1 amide bonds. The first-order valence-electron chi connectivity index (χ1n) is 27.2. The smallest absolute Gasteiger partial charge is 0.220 e. The van der Waals surface area contributed by atoms with Crippen LogP contribution < -0.4 is 5.32 Å². The molecule has 0 saturated carbocycles. The van der Waals surface area contributed by atoms with Crippen LogP contribution in [0.15, 0.2) is 36.5 Å². The van der Waals surface area contributed by atoms with Crippen LogP contribution in [-0.2, 0) is 23.7 Å². The lowest BCUT2D eigenvalue weighted by atomic mass is 9.97. The summed E-state index contributed by atoms with van der Waals surface area (Å²) in [5.74, 6) is -0.252. The molecule has 0 bridgehead atoms. The Morgan fingerprint density at radius 3 is 1.44 bits per heavy atom. The maximum atomic E-state index is 13.2. The molecule has 2 heterocycles. The standard InChI is InChI=1S/C54H99NO13/c1-3-5-7-9-11-13-15-17-19-20-21-22-24-26-28-30-32-34-36-38-46(59)55-42(43(58)37-35-33-31-29-27-25-23-18-16-14-12-10-8-6-4-2)41-65-53-51(64)49(62)52(45(40-57)67-53)68-54-50(63)48(61)47(60)44(39-56)66-54/h17,19,27,29,35,37,42-45,47-54,56-58,60-64H,3-16,18,20-26,28,30-34,36,38-41H2,1-2H3,(H,55,59)/b19-17-,29-27+,37-35+. The van der Waals surface area contributed by atoms with E-state index in [-0.39, 0.29) is 18.9 Å². The molecule has 9 N–H and O–H groups in total. The van der Waals surface area contributed by atoms with Gasteiger partial charge in [0.2, 0.25) is 5.91 Å². The zero-order valence-electron chi connectivity index (χ0n) is 42.3. The molecule has 12 unspecified atom stereocenters. The van der Waals surface area contributed by atoms with E-state index in [2.05, 4.69) is 43.5 Å². The van der Waals surface area contributed by atoms with Gasteiger partial charge in [0.25, 0.3) is 0 Å². The zero-order chi connectivity index (χ0) is 49.6. The molecule has 0 aliphatic carbocycles. The van der Waals surface area contributed by atoms with Crippen LogP contribution in [0.25, 0.3) is 0 Å². The number of amides is 1. The summed E-state index contributed by atoms with van der Waals surface area (Å²) in [5.41, 5.74) is 0. The van der Waals surface area contributed by atoms with Gasteiger partial charge in [-0.25, -0.2) is 0 Å². The highest BCUT2D eigenvalue weighted by atomic mass is 16.7. The van der Waals surface area contributed by atoms with E-state index in [0.29, 0.717) is 12.8 Å². The molecular weight excluding hydrogens is 871 g/mol. The second-order valence-electron chi connectivity index (χ2n) is 19.3. The maximum absolute atomic E-state index is 13.2. The van der Waals surface area contributed by atoms with Gasteiger partial charge in [0.05, 0.1) is 32.0 Å². The summed E-state index contributed by atoms with van der Waals surface area (Å²) in [6.45, 7) is 2.76. The number of carbonyl (C=O) groups is 1. The number of allylic oxidation sites excluding steroid dienone is 5. The van der Waals surface area contributed by atoms with Crippen molar-refractivity contribution >= 4 is 5.91 Å². The van der Waals surface area contributed by atoms with Crippen molar-refractivity contribution in [2.45, 2.75) is 280 Å². The number of aliphatic hydroxyl groups excluding tert-OH is 8. The first-order chi connectivity index (χ1) is 33.1. The fraction of sp³-hybridized carbons (Fsp3) is 0.870. The number of nitrogens with one attached hydrogen (secondary N) is 1. The van der Waals surface area contributed by atoms with E-state index in [9.17, 15) is 45.6 Å². The molecule has 0 aromatic carbocycles. The average molecular weight is 970 g/mol. The highest BCUT2D eigenvalue weighted by Gasteiger charge is 2.51. The summed E-state index contributed by atoms with van der Waals surface area (Å²) in [5, 5.41) is 86.8. The van der Waals surface area contributed by atoms with Crippen LogP contribution in [0.2, 0.25) is 0 Å². The predicted molar refractivity (Wildman–Crippen MR) is 268 cm³/mol. The molecular formula is C54H99NO13. The van der Waals surface area contributed by atoms with E-state index in [4.69, 9.17) is 18.9 Å². The van der Waals surface area contributed by atoms with Crippen molar-refractivity contribution in [1.82, 2.24) is 5.32 Å². The lowest BCUT2D eigenvalue weighted by molar-refractivity contribution is -0.359. The van der Waals surface area contributed by atoms with Crippen LogP contribution in [-0.4, -0.2) is 140 Å². The number of hydrogen-bond donors (Lipinski definition) is 9. The van der Waals surface area contributed by atoms with Gasteiger partial charge in [-0.2, -0.15) is 0 Å². The van der Waals surface area contributed by atoms with Crippen molar-refractivity contribution in [3.8, 4) is 0 Å². The van der Waals surface area contributed by atoms with Crippen LogP contribution >= 0.6 is 0 Å². The summed E-state index contributed by atoms with van der Waals surface area (Å²) < 4.78 is 22.7. The normalized spacial score (nSPS) is 26.6. The monoisotopic (exact) mass is 970 g/mol. The third kappa shape index (κ3) is 27.1. The first kappa shape index (κ1) is 62.3. The molecule has 0 aromatic heterocycles. The molecule has 14 heteroatoms. The highest BCUT2D eigenvalue weighted by molar-refractivity contribution is 5.76. The third-order valence-electron chi connectivity index (χ3n) is 13.3. The number of hydrogen-bond acceptors (Lipinski definition) is 13. The molecule has 2 aliphatic rings. The third-order valence-corrected chi connectivity index (χ3v) is 13.3. The van der Waals surface area contributed by atoms with Gasteiger partial charge in [-0.15, -0.1) is 0 Å². The van der Waals surface area contributed by atoms with Crippen molar-refractivity contribution < 1.29 is 64.6 Å². The van der Waals surface area contributed by atoms with E-state index in [0.717, 1.165) is 32.1 Å². The molecule has 0 aromatic rings. The lowest BCUT2D eigenvalue weighted by Crippen LogP contribution is -2.65. The summed E-state index contributed by atoms with van der Waals surface area (Å²) >= 11 is 0. The molecule has 2 saturated heterocycles. The minimum Gasteiger partial charge on any atom is -0.394 e.